The van der Waals surface area contributed by atoms with Crippen molar-refractivity contribution < 1.29 is 18.0 Å². The number of halogens is 4. The number of amides is 1. The fourth-order valence-electron chi connectivity index (χ4n) is 3.29. The van der Waals surface area contributed by atoms with Crippen molar-refractivity contribution in [3.8, 4) is 0 Å². The van der Waals surface area contributed by atoms with E-state index < -0.39 is 18.6 Å². The third-order valence-corrected chi connectivity index (χ3v) is 4.83. The Balaban J connectivity index is 0.00000729. The molecule has 1 fully saturated rings. The van der Waals surface area contributed by atoms with Gasteiger partial charge in [0.1, 0.15) is 6.54 Å². The zero-order valence-electron chi connectivity index (χ0n) is 17.3. The quantitative estimate of drug-likeness (QED) is 0.308. The minimum atomic E-state index is -4.40. The topological polar surface area (TPSA) is 60.0 Å². The predicted molar refractivity (Wildman–Crippen MR) is 117 cm³/mol. The van der Waals surface area contributed by atoms with Crippen molar-refractivity contribution in [1.82, 2.24) is 20.4 Å². The SMILES string of the molecule is CN=C(NCC(=O)N(C)CC(F)(F)F)NCC(C(C)C)N1CCCCCC1.I. The van der Waals surface area contributed by atoms with Gasteiger partial charge in [-0.25, -0.2) is 0 Å². The molecule has 10 heteroatoms. The molecule has 6 nitrogen and oxygen atoms in total. The molecule has 0 aliphatic carbocycles. The molecule has 0 spiro atoms. The lowest BCUT2D eigenvalue weighted by atomic mass is 10.0. The number of guanidine groups is 1. The van der Waals surface area contributed by atoms with E-state index in [4.69, 9.17) is 0 Å². The third-order valence-electron chi connectivity index (χ3n) is 4.83. The smallest absolute Gasteiger partial charge is 0.355 e. The molecule has 1 heterocycles. The van der Waals surface area contributed by atoms with Crippen molar-refractivity contribution in [3.05, 3.63) is 0 Å². The second-order valence-corrected chi connectivity index (χ2v) is 7.43. The Morgan fingerprint density at radius 1 is 1.14 bits per heavy atom. The second-order valence-electron chi connectivity index (χ2n) is 7.43. The Labute approximate surface area is 183 Å². The summed E-state index contributed by atoms with van der Waals surface area (Å²) < 4.78 is 37.1. The molecule has 1 unspecified atom stereocenters. The lowest BCUT2D eigenvalue weighted by Crippen LogP contribution is -2.51. The van der Waals surface area contributed by atoms with Crippen LogP contribution >= 0.6 is 24.0 Å². The average Bonchev–Trinajstić information content (AvgIpc) is 2.85. The van der Waals surface area contributed by atoms with Crippen LogP contribution in [0.25, 0.3) is 0 Å². The molecule has 0 radical (unpaired) electrons. The number of carbonyl (C=O) groups excluding carboxylic acids is 1. The average molecular weight is 521 g/mol. The monoisotopic (exact) mass is 521 g/mol. The number of nitrogens with one attached hydrogen (secondary N) is 2. The standard InChI is InChI=1S/C18H34F3N5O.HI/c1-14(2)15(26-9-7-5-6-8-10-26)11-23-17(22-3)24-12-16(27)25(4)13-18(19,20)21;/h14-15H,5-13H2,1-4H3,(H2,22,23,24);1H. The van der Waals surface area contributed by atoms with E-state index in [2.05, 4.69) is 34.4 Å². The van der Waals surface area contributed by atoms with Crippen LogP contribution in [0.15, 0.2) is 4.99 Å². The molecule has 0 bridgehead atoms. The van der Waals surface area contributed by atoms with E-state index in [1.807, 2.05) is 0 Å². The molecule has 0 aromatic rings. The number of nitrogens with zero attached hydrogens (tertiary/aromatic N) is 3. The van der Waals surface area contributed by atoms with E-state index >= 15 is 0 Å². The first-order chi connectivity index (χ1) is 12.6. The number of likely N-dealkylation sites (tertiary alicyclic amines) is 1. The van der Waals surface area contributed by atoms with Gasteiger partial charge in [-0.2, -0.15) is 13.2 Å². The molecule has 1 atom stereocenters. The first kappa shape index (κ1) is 27.2. The number of hydrogen-bond acceptors (Lipinski definition) is 3. The van der Waals surface area contributed by atoms with Crippen molar-refractivity contribution >= 4 is 35.8 Å². The van der Waals surface area contributed by atoms with Crippen molar-refractivity contribution in [2.45, 2.75) is 51.7 Å². The van der Waals surface area contributed by atoms with Crippen molar-refractivity contribution in [2.24, 2.45) is 10.9 Å². The maximum Gasteiger partial charge on any atom is 0.406 e. The highest BCUT2D eigenvalue weighted by atomic mass is 127. The van der Waals surface area contributed by atoms with Crippen molar-refractivity contribution in [2.75, 3.05) is 46.8 Å². The molecule has 1 amide bonds. The molecule has 1 saturated heterocycles. The van der Waals surface area contributed by atoms with Gasteiger partial charge in [-0.1, -0.05) is 26.7 Å². The summed E-state index contributed by atoms with van der Waals surface area (Å²) in [6.45, 7) is 5.71. The zero-order chi connectivity index (χ0) is 20.4. The maximum atomic E-state index is 12.4. The minimum absolute atomic E-state index is 0. The summed E-state index contributed by atoms with van der Waals surface area (Å²) in [5.41, 5.74) is 0. The van der Waals surface area contributed by atoms with E-state index in [1.165, 1.54) is 25.7 Å². The van der Waals surface area contributed by atoms with E-state index in [1.54, 1.807) is 7.05 Å². The van der Waals surface area contributed by atoms with Gasteiger partial charge in [0.05, 0.1) is 6.54 Å². The van der Waals surface area contributed by atoms with Crippen LogP contribution in [0.3, 0.4) is 0 Å². The molecule has 0 saturated carbocycles. The fraction of sp³-hybridized carbons (Fsp3) is 0.889. The van der Waals surface area contributed by atoms with Gasteiger partial charge in [-0.3, -0.25) is 14.7 Å². The summed E-state index contributed by atoms with van der Waals surface area (Å²) >= 11 is 0. The number of alkyl halides is 3. The summed E-state index contributed by atoms with van der Waals surface area (Å²) in [7, 11) is 2.72. The Morgan fingerprint density at radius 2 is 1.71 bits per heavy atom. The fourth-order valence-corrected chi connectivity index (χ4v) is 3.29. The van der Waals surface area contributed by atoms with Gasteiger partial charge in [-0.15, -0.1) is 24.0 Å². The highest BCUT2D eigenvalue weighted by Crippen LogP contribution is 2.17. The summed E-state index contributed by atoms with van der Waals surface area (Å²) in [5.74, 6) is 0.237. The minimum Gasteiger partial charge on any atom is -0.355 e. The number of rotatable bonds is 7. The van der Waals surface area contributed by atoms with Gasteiger partial charge in [0.25, 0.3) is 0 Å². The first-order valence-electron chi connectivity index (χ1n) is 9.63. The number of carbonyl (C=O) groups is 1. The molecule has 1 rings (SSSR count). The van der Waals surface area contributed by atoms with Crippen LogP contribution in [-0.2, 0) is 4.79 Å². The number of likely N-dealkylation sites (N-methyl/N-ethyl adjacent to an activating group) is 1. The molecule has 0 aromatic carbocycles. The van der Waals surface area contributed by atoms with Gasteiger partial charge >= 0.3 is 6.18 Å². The van der Waals surface area contributed by atoms with Gasteiger partial charge in [0.15, 0.2) is 5.96 Å². The zero-order valence-corrected chi connectivity index (χ0v) is 19.6. The van der Waals surface area contributed by atoms with Crippen LogP contribution in [0.2, 0.25) is 0 Å². The molecular weight excluding hydrogens is 486 g/mol. The molecule has 2 N–H and O–H groups in total. The molecule has 1 aliphatic rings. The summed E-state index contributed by atoms with van der Waals surface area (Å²) in [6.07, 6.45) is 0.547. The van der Waals surface area contributed by atoms with Crippen LogP contribution in [0, 0.1) is 5.92 Å². The van der Waals surface area contributed by atoms with Gasteiger partial charge in [0.2, 0.25) is 5.91 Å². The Morgan fingerprint density at radius 3 is 2.18 bits per heavy atom. The normalized spacial score (nSPS) is 17.5. The summed E-state index contributed by atoms with van der Waals surface area (Å²) in [4.78, 5) is 19.1. The van der Waals surface area contributed by atoms with Crippen LogP contribution in [-0.4, -0.2) is 80.7 Å². The largest absolute Gasteiger partial charge is 0.406 e. The van der Waals surface area contributed by atoms with E-state index in [9.17, 15) is 18.0 Å². The summed E-state index contributed by atoms with van der Waals surface area (Å²) in [5, 5.41) is 6.02. The summed E-state index contributed by atoms with van der Waals surface area (Å²) in [6, 6.07) is 0.338. The van der Waals surface area contributed by atoms with E-state index in [0.717, 1.165) is 20.1 Å². The number of hydrogen-bond donors (Lipinski definition) is 2. The Kier molecular flexibility index (Phi) is 13.1. The van der Waals surface area contributed by atoms with Gasteiger partial charge in [-0.05, 0) is 31.8 Å². The van der Waals surface area contributed by atoms with Crippen LogP contribution < -0.4 is 10.6 Å². The lowest BCUT2D eigenvalue weighted by Gasteiger charge is -2.34. The molecule has 0 aromatic heterocycles. The molecular formula is C18H35F3IN5O. The van der Waals surface area contributed by atoms with Gasteiger partial charge in [0, 0.05) is 26.7 Å². The van der Waals surface area contributed by atoms with Crippen LogP contribution in [0.4, 0.5) is 13.2 Å². The van der Waals surface area contributed by atoms with Crippen LogP contribution in [0.1, 0.15) is 39.5 Å². The van der Waals surface area contributed by atoms with E-state index in [0.29, 0.717) is 29.4 Å². The highest BCUT2D eigenvalue weighted by Gasteiger charge is 2.31. The van der Waals surface area contributed by atoms with E-state index in [-0.39, 0.29) is 30.5 Å². The Hall–Kier alpha value is -0.780. The number of aliphatic imine (C=N–C) groups is 1. The maximum absolute atomic E-state index is 12.4. The molecule has 1 aliphatic heterocycles. The molecule has 28 heavy (non-hydrogen) atoms. The third kappa shape index (κ3) is 10.7. The lowest BCUT2D eigenvalue weighted by molar-refractivity contribution is -0.157. The molecule has 166 valence electrons. The van der Waals surface area contributed by atoms with Gasteiger partial charge < -0.3 is 15.5 Å². The van der Waals surface area contributed by atoms with Crippen molar-refractivity contribution in [3.63, 3.8) is 0 Å². The first-order valence-corrected chi connectivity index (χ1v) is 9.63. The second kappa shape index (κ2) is 13.4. The predicted octanol–water partition coefficient (Wildman–Crippen LogP) is 2.69. The van der Waals surface area contributed by atoms with Crippen LogP contribution in [0.5, 0.6) is 0 Å². The van der Waals surface area contributed by atoms with Crippen molar-refractivity contribution in [1.29, 1.82) is 0 Å². The Bertz CT molecular complexity index is 480. The highest BCUT2D eigenvalue weighted by molar-refractivity contribution is 14.0.